The number of aromatic amines is 1. The number of carbonyl (C=O) groups excluding carboxylic acids is 1. The molecule has 1 aromatic heterocycles. The molecule has 0 saturated heterocycles. The van der Waals surface area contributed by atoms with Crippen molar-refractivity contribution in [2.75, 3.05) is 11.4 Å². The summed E-state index contributed by atoms with van der Waals surface area (Å²) in [5.74, 6) is 0.718. The van der Waals surface area contributed by atoms with Crippen molar-refractivity contribution in [1.82, 2.24) is 9.97 Å². The number of nitrogens with zero attached hydrogens (tertiary/aromatic N) is 2. The molecule has 0 aliphatic heterocycles. The zero-order valence-corrected chi connectivity index (χ0v) is 16.1. The van der Waals surface area contributed by atoms with Gasteiger partial charge in [-0.15, -0.1) is 0 Å². The van der Waals surface area contributed by atoms with Gasteiger partial charge in [0.1, 0.15) is 5.82 Å². The minimum absolute atomic E-state index is 0.0920. The Labute approximate surface area is 159 Å². The number of hydrogen-bond acceptors (Lipinski definition) is 3. The lowest BCUT2D eigenvalue weighted by molar-refractivity contribution is -0.118. The third-order valence-electron chi connectivity index (χ3n) is 4.74. The number of anilines is 1. The van der Waals surface area contributed by atoms with Crippen LogP contribution in [0.1, 0.15) is 36.7 Å². The van der Waals surface area contributed by atoms with E-state index in [1.54, 1.807) is 6.07 Å². The molecule has 0 aliphatic rings. The van der Waals surface area contributed by atoms with Crippen LogP contribution in [0.25, 0.3) is 10.9 Å². The van der Waals surface area contributed by atoms with Crippen LogP contribution < -0.4 is 10.5 Å². The van der Waals surface area contributed by atoms with Crippen LogP contribution in [0.4, 0.5) is 5.69 Å². The van der Waals surface area contributed by atoms with Gasteiger partial charge in [0.15, 0.2) is 0 Å². The molecule has 140 valence electrons. The van der Waals surface area contributed by atoms with Gasteiger partial charge in [0.05, 0.1) is 10.9 Å². The predicted molar refractivity (Wildman–Crippen MR) is 109 cm³/mol. The topological polar surface area (TPSA) is 66.1 Å². The molecule has 0 saturated carbocycles. The van der Waals surface area contributed by atoms with E-state index in [4.69, 9.17) is 0 Å². The summed E-state index contributed by atoms with van der Waals surface area (Å²) in [4.78, 5) is 34.0. The molecule has 5 nitrogen and oxygen atoms in total. The molecule has 27 heavy (non-hydrogen) atoms. The molecule has 3 aromatic rings. The third-order valence-corrected chi connectivity index (χ3v) is 4.74. The first kappa shape index (κ1) is 18.8. The average molecular weight is 363 g/mol. The van der Waals surface area contributed by atoms with E-state index in [1.165, 1.54) is 0 Å². The maximum Gasteiger partial charge on any atom is 0.258 e. The minimum atomic E-state index is -0.132. The number of para-hydroxylation sites is 1. The number of amides is 1. The monoisotopic (exact) mass is 363 g/mol. The summed E-state index contributed by atoms with van der Waals surface area (Å²) in [7, 11) is 0. The molecule has 0 spiro atoms. The number of benzene rings is 2. The summed E-state index contributed by atoms with van der Waals surface area (Å²) < 4.78 is 0. The number of aryl methyl sites for hydroxylation is 3. The lowest BCUT2D eigenvalue weighted by atomic mass is 10.1. The summed E-state index contributed by atoms with van der Waals surface area (Å²) in [5.41, 5.74) is 3.76. The van der Waals surface area contributed by atoms with Crippen LogP contribution in [0.3, 0.4) is 0 Å². The lowest BCUT2D eigenvalue weighted by Gasteiger charge is -2.23. The minimum Gasteiger partial charge on any atom is -0.312 e. The predicted octanol–water partition coefficient (Wildman–Crippen LogP) is 3.92. The third kappa shape index (κ3) is 4.25. The number of aromatic nitrogens is 2. The van der Waals surface area contributed by atoms with Gasteiger partial charge in [-0.1, -0.05) is 24.3 Å². The fourth-order valence-corrected chi connectivity index (χ4v) is 3.29. The highest BCUT2D eigenvalue weighted by atomic mass is 16.2. The number of hydrogen-bond donors (Lipinski definition) is 1. The van der Waals surface area contributed by atoms with E-state index >= 15 is 0 Å². The highest BCUT2D eigenvalue weighted by Gasteiger charge is 2.16. The number of rotatable bonds is 6. The molecule has 0 atom stereocenters. The Bertz CT molecular complexity index is 1020. The van der Waals surface area contributed by atoms with Crippen LogP contribution in [-0.2, 0) is 11.2 Å². The molecule has 1 amide bonds. The fourth-order valence-electron chi connectivity index (χ4n) is 3.29. The van der Waals surface area contributed by atoms with E-state index < -0.39 is 0 Å². The van der Waals surface area contributed by atoms with Crippen LogP contribution in [0.2, 0.25) is 0 Å². The number of H-pyrrole nitrogens is 1. The van der Waals surface area contributed by atoms with Gasteiger partial charge < -0.3 is 9.88 Å². The Hall–Kier alpha value is -2.95. The number of nitrogens with one attached hydrogen (secondary N) is 1. The van der Waals surface area contributed by atoms with Crippen molar-refractivity contribution in [3.05, 3.63) is 69.8 Å². The van der Waals surface area contributed by atoms with Gasteiger partial charge in [-0.05, 0) is 56.5 Å². The summed E-state index contributed by atoms with van der Waals surface area (Å²) >= 11 is 0. The van der Waals surface area contributed by atoms with Gasteiger partial charge in [0, 0.05) is 25.1 Å². The first-order chi connectivity index (χ1) is 13.0. The van der Waals surface area contributed by atoms with Gasteiger partial charge in [-0.3, -0.25) is 9.59 Å². The quantitative estimate of drug-likeness (QED) is 0.722. The van der Waals surface area contributed by atoms with Gasteiger partial charge in [-0.2, -0.15) is 0 Å². The van der Waals surface area contributed by atoms with Crippen molar-refractivity contribution in [2.45, 2.75) is 40.0 Å². The molecule has 0 fully saturated rings. The van der Waals surface area contributed by atoms with E-state index in [0.717, 1.165) is 16.8 Å². The molecule has 5 heteroatoms. The molecule has 0 bridgehead atoms. The summed E-state index contributed by atoms with van der Waals surface area (Å²) in [5, 5.41) is 0.587. The molecule has 0 aliphatic carbocycles. The van der Waals surface area contributed by atoms with Crippen molar-refractivity contribution in [2.24, 2.45) is 0 Å². The van der Waals surface area contributed by atoms with Gasteiger partial charge in [0.2, 0.25) is 5.91 Å². The molecular formula is C22H25N3O2. The average Bonchev–Trinajstić information content (AvgIpc) is 2.65. The van der Waals surface area contributed by atoms with Crippen LogP contribution in [0.5, 0.6) is 0 Å². The van der Waals surface area contributed by atoms with Crippen molar-refractivity contribution < 1.29 is 4.79 Å². The molecule has 1 N–H and O–H groups in total. The SMILES string of the molecule is CCN(C(=O)CCCc1nc2ccccc2c(=O)[nH]1)c1cc(C)ccc1C. The molecule has 2 aromatic carbocycles. The largest absolute Gasteiger partial charge is 0.312 e. The van der Waals surface area contributed by atoms with Gasteiger partial charge in [0.25, 0.3) is 5.56 Å². The maximum atomic E-state index is 12.7. The summed E-state index contributed by atoms with van der Waals surface area (Å²) in [6.07, 6.45) is 1.62. The standard InChI is InChI=1S/C22H25N3O2/c1-4-25(19-14-15(2)12-13-16(19)3)21(26)11-7-10-20-23-18-9-6-5-8-17(18)22(27)24-20/h5-6,8-9,12-14H,4,7,10-11H2,1-3H3,(H,23,24,27). The van der Waals surface area contributed by atoms with Crippen molar-refractivity contribution in [3.8, 4) is 0 Å². The maximum absolute atomic E-state index is 12.7. The lowest BCUT2D eigenvalue weighted by Crippen LogP contribution is -2.31. The molecule has 0 radical (unpaired) electrons. The first-order valence-electron chi connectivity index (χ1n) is 9.35. The second-order valence-electron chi connectivity index (χ2n) is 6.81. The number of carbonyl (C=O) groups is 1. The van der Waals surface area contributed by atoms with Crippen LogP contribution >= 0.6 is 0 Å². The smallest absolute Gasteiger partial charge is 0.258 e. The van der Waals surface area contributed by atoms with Gasteiger partial charge >= 0.3 is 0 Å². The highest BCUT2D eigenvalue weighted by Crippen LogP contribution is 2.22. The van der Waals surface area contributed by atoms with E-state index in [2.05, 4.69) is 22.1 Å². The number of fused-ring (bicyclic) bond motifs is 1. The highest BCUT2D eigenvalue weighted by molar-refractivity contribution is 5.94. The molecule has 1 heterocycles. The zero-order valence-electron chi connectivity index (χ0n) is 16.1. The van der Waals surface area contributed by atoms with Crippen molar-refractivity contribution in [1.29, 1.82) is 0 Å². The molecule has 3 rings (SSSR count). The Morgan fingerprint density at radius 3 is 2.70 bits per heavy atom. The zero-order chi connectivity index (χ0) is 19.4. The normalized spacial score (nSPS) is 10.9. The molecule has 0 unspecified atom stereocenters. The Morgan fingerprint density at radius 1 is 1.15 bits per heavy atom. The van der Waals surface area contributed by atoms with E-state index in [9.17, 15) is 9.59 Å². The van der Waals surface area contributed by atoms with Crippen LogP contribution in [0.15, 0.2) is 47.3 Å². The van der Waals surface area contributed by atoms with Crippen LogP contribution in [-0.4, -0.2) is 22.4 Å². The van der Waals surface area contributed by atoms with Gasteiger partial charge in [-0.25, -0.2) is 4.98 Å². The van der Waals surface area contributed by atoms with E-state index in [-0.39, 0.29) is 11.5 Å². The Balaban J connectivity index is 1.68. The van der Waals surface area contributed by atoms with Crippen molar-refractivity contribution in [3.63, 3.8) is 0 Å². The second kappa shape index (κ2) is 8.16. The van der Waals surface area contributed by atoms with E-state index in [0.29, 0.717) is 42.5 Å². The van der Waals surface area contributed by atoms with Crippen molar-refractivity contribution >= 4 is 22.5 Å². The fraction of sp³-hybridized carbons (Fsp3) is 0.318. The molecular weight excluding hydrogens is 338 g/mol. The summed E-state index contributed by atoms with van der Waals surface area (Å²) in [6, 6.07) is 13.4. The van der Waals surface area contributed by atoms with Crippen LogP contribution in [0, 0.1) is 13.8 Å². The Kier molecular flexibility index (Phi) is 5.69. The van der Waals surface area contributed by atoms with E-state index in [1.807, 2.05) is 49.9 Å². The summed E-state index contributed by atoms with van der Waals surface area (Å²) in [6.45, 7) is 6.67. The first-order valence-corrected chi connectivity index (χ1v) is 9.35. The second-order valence-corrected chi connectivity index (χ2v) is 6.81. The Morgan fingerprint density at radius 2 is 1.93 bits per heavy atom.